The molecular formula is C13H14BrF2NO2. The molecule has 1 saturated heterocycles. The molecule has 0 bridgehead atoms. The van der Waals surface area contributed by atoms with E-state index in [-0.39, 0.29) is 11.7 Å². The third-order valence-electron chi connectivity index (χ3n) is 2.98. The number of rotatable bonds is 3. The van der Waals surface area contributed by atoms with E-state index in [0.717, 1.165) is 19.4 Å². The summed E-state index contributed by atoms with van der Waals surface area (Å²) in [6.45, 7) is -1.44. The van der Waals surface area contributed by atoms with E-state index in [1.165, 1.54) is 24.3 Å². The van der Waals surface area contributed by atoms with Crippen molar-refractivity contribution in [2.24, 2.45) is 0 Å². The third-order valence-corrected chi connectivity index (χ3v) is 3.72. The van der Waals surface area contributed by atoms with Gasteiger partial charge in [-0.2, -0.15) is 8.78 Å². The Kier molecular flexibility index (Phi) is 4.74. The summed E-state index contributed by atoms with van der Waals surface area (Å²) in [5, 5.41) is 0. The van der Waals surface area contributed by atoms with E-state index in [4.69, 9.17) is 0 Å². The van der Waals surface area contributed by atoms with Crippen LogP contribution in [0.25, 0.3) is 0 Å². The molecule has 1 aliphatic rings. The van der Waals surface area contributed by atoms with Gasteiger partial charge in [0.2, 0.25) is 0 Å². The number of piperidine rings is 1. The van der Waals surface area contributed by atoms with Gasteiger partial charge in [0.25, 0.3) is 5.91 Å². The van der Waals surface area contributed by atoms with Crippen LogP contribution in [0.5, 0.6) is 5.75 Å². The maximum Gasteiger partial charge on any atom is 0.387 e. The fourth-order valence-corrected chi connectivity index (χ4v) is 2.74. The maximum absolute atomic E-state index is 12.2. The van der Waals surface area contributed by atoms with Gasteiger partial charge in [0, 0.05) is 23.5 Å². The van der Waals surface area contributed by atoms with Gasteiger partial charge < -0.3 is 9.64 Å². The first-order chi connectivity index (χ1) is 9.06. The molecule has 1 unspecified atom stereocenters. The van der Waals surface area contributed by atoms with Crippen molar-refractivity contribution in [3.8, 4) is 5.75 Å². The van der Waals surface area contributed by atoms with Crippen LogP contribution in [0.2, 0.25) is 0 Å². The quantitative estimate of drug-likeness (QED) is 0.794. The van der Waals surface area contributed by atoms with Crippen LogP contribution in [0.15, 0.2) is 24.3 Å². The van der Waals surface area contributed by atoms with Gasteiger partial charge in [-0.1, -0.05) is 15.9 Å². The van der Waals surface area contributed by atoms with Crippen LogP contribution in [0.4, 0.5) is 8.78 Å². The van der Waals surface area contributed by atoms with E-state index in [0.29, 0.717) is 16.9 Å². The number of amides is 1. The number of ether oxygens (including phenoxy) is 1. The van der Waals surface area contributed by atoms with E-state index in [9.17, 15) is 13.6 Å². The standard InChI is InChI=1S/C13H14BrF2NO2/c14-10-2-1-7-17(8-10)12(18)9-3-5-11(6-4-9)19-13(15)16/h3-6,10,13H,1-2,7-8H2. The summed E-state index contributed by atoms with van der Waals surface area (Å²) in [7, 11) is 0. The molecular weight excluding hydrogens is 320 g/mol. The minimum atomic E-state index is -2.85. The molecule has 1 aromatic rings. The second kappa shape index (κ2) is 6.32. The first kappa shape index (κ1) is 14.2. The number of carbonyl (C=O) groups excluding carboxylic acids is 1. The number of likely N-dealkylation sites (tertiary alicyclic amines) is 1. The van der Waals surface area contributed by atoms with Gasteiger partial charge in [-0.15, -0.1) is 0 Å². The van der Waals surface area contributed by atoms with Gasteiger partial charge >= 0.3 is 6.61 Å². The summed E-state index contributed by atoms with van der Waals surface area (Å²) >= 11 is 3.51. The fraction of sp³-hybridized carbons (Fsp3) is 0.462. The molecule has 2 rings (SSSR count). The molecule has 0 saturated carbocycles. The molecule has 1 fully saturated rings. The van der Waals surface area contributed by atoms with Crippen molar-refractivity contribution in [2.75, 3.05) is 13.1 Å². The Balaban J connectivity index is 2.02. The Bertz CT molecular complexity index is 439. The maximum atomic E-state index is 12.2. The molecule has 6 heteroatoms. The summed E-state index contributed by atoms with van der Waals surface area (Å²) in [6, 6.07) is 5.79. The van der Waals surface area contributed by atoms with Crippen molar-refractivity contribution in [1.29, 1.82) is 0 Å². The molecule has 1 atom stereocenters. The third kappa shape index (κ3) is 3.89. The van der Waals surface area contributed by atoms with Gasteiger partial charge in [0.15, 0.2) is 0 Å². The van der Waals surface area contributed by atoms with Gasteiger partial charge in [0.05, 0.1) is 0 Å². The van der Waals surface area contributed by atoms with Crippen LogP contribution in [0.3, 0.4) is 0 Å². The minimum absolute atomic E-state index is 0.0589. The normalized spacial score (nSPS) is 19.6. The van der Waals surface area contributed by atoms with Gasteiger partial charge in [0.1, 0.15) is 5.75 Å². The molecule has 0 aromatic heterocycles. The van der Waals surface area contributed by atoms with Crippen LogP contribution >= 0.6 is 15.9 Å². The predicted octanol–water partition coefficient (Wildman–Crippen LogP) is 3.29. The first-order valence-electron chi connectivity index (χ1n) is 6.04. The highest BCUT2D eigenvalue weighted by molar-refractivity contribution is 9.09. The number of hydrogen-bond donors (Lipinski definition) is 0. The topological polar surface area (TPSA) is 29.5 Å². The predicted molar refractivity (Wildman–Crippen MR) is 70.9 cm³/mol. The molecule has 3 nitrogen and oxygen atoms in total. The van der Waals surface area contributed by atoms with Crippen LogP contribution < -0.4 is 4.74 Å². The highest BCUT2D eigenvalue weighted by Crippen LogP contribution is 2.20. The van der Waals surface area contributed by atoms with Crippen LogP contribution in [0, 0.1) is 0 Å². The van der Waals surface area contributed by atoms with Crippen molar-refractivity contribution >= 4 is 21.8 Å². The smallest absolute Gasteiger partial charge is 0.387 e. The lowest BCUT2D eigenvalue weighted by atomic mass is 10.1. The summed E-state index contributed by atoms with van der Waals surface area (Å²) in [5.74, 6) is -0.0173. The molecule has 1 heterocycles. The van der Waals surface area contributed by atoms with E-state index >= 15 is 0 Å². The zero-order chi connectivity index (χ0) is 13.8. The highest BCUT2D eigenvalue weighted by Gasteiger charge is 2.22. The van der Waals surface area contributed by atoms with E-state index < -0.39 is 6.61 Å². The van der Waals surface area contributed by atoms with Crippen molar-refractivity contribution in [2.45, 2.75) is 24.3 Å². The van der Waals surface area contributed by atoms with Gasteiger partial charge in [-0.25, -0.2) is 0 Å². The molecule has 19 heavy (non-hydrogen) atoms. The second-order valence-electron chi connectivity index (χ2n) is 4.39. The number of carbonyl (C=O) groups is 1. The number of nitrogens with zero attached hydrogens (tertiary/aromatic N) is 1. The van der Waals surface area contributed by atoms with Gasteiger partial charge in [-0.05, 0) is 37.1 Å². The van der Waals surface area contributed by atoms with E-state index in [2.05, 4.69) is 20.7 Å². The molecule has 0 aliphatic carbocycles. The summed E-state index contributed by atoms with van der Waals surface area (Å²) in [5.41, 5.74) is 0.489. The Morgan fingerprint density at radius 3 is 2.63 bits per heavy atom. The molecule has 1 amide bonds. The van der Waals surface area contributed by atoms with E-state index in [1.54, 1.807) is 4.90 Å². The molecule has 104 valence electrons. The Hall–Kier alpha value is -1.17. The lowest BCUT2D eigenvalue weighted by Crippen LogP contribution is -2.40. The zero-order valence-corrected chi connectivity index (χ0v) is 11.8. The highest BCUT2D eigenvalue weighted by atomic mass is 79.9. The number of hydrogen-bond acceptors (Lipinski definition) is 2. The average molecular weight is 334 g/mol. The van der Waals surface area contributed by atoms with Crippen molar-refractivity contribution < 1.29 is 18.3 Å². The monoisotopic (exact) mass is 333 g/mol. The number of halogens is 3. The largest absolute Gasteiger partial charge is 0.435 e. The van der Waals surface area contributed by atoms with Gasteiger partial charge in [-0.3, -0.25) is 4.79 Å². The van der Waals surface area contributed by atoms with Crippen molar-refractivity contribution in [3.05, 3.63) is 29.8 Å². The van der Waals surface area contributed by atoms with Crippen LogP contribution in [0.1, 0.15) is 23.2 Å². The molecule has 0 spiro atoms. The fourth-order valence-electron chi connectivity index (χ4n) is 2.07. The summed E-state index contributed by atoms with van der Waals surface area (Å²) < 4.78 is 28.3. The molecule has 1 aromatic carbocycles. The van der Waals surface area contributed by atoms with Crippen molar-refractivity contribution in [1.82, 2.24) is 4.90 Å². The lowest BCUT2D eigenvalue weighted by molar-refractivity contribution is -0.0498. The second-order valence-corrected chi connectivity index (χ2v) is 5.69. The molecule has 1 aliphatic heterocycles. The minimum Gasteiger partial charge on any atom is -0.435 e. The molecule has 0 N–H and O–H groups in total. The Morgan fingerprint density at radius 2 is 2.05 bits per heavy atom. The average Bonchev–Trinajstić information content (AvgIpc) is 2.38. The Morgan fingerprint density at radius 1 is 1.37 bits per heavy atom. The summed E-state index contributed by atoms with van der Waals surface area (Å²) in [4.78, 5) is 14.3. The zero-order valence-electron chi connectivity index (χ0n) is 10.2. The van der Waals surface area contributed by atoms with Crippen LogP contribution in [-0.4, -0.2) is 35.3 Å². The lowest BCUT2D eigenvalue weighted by Gasteiger charge is -2.30. The van der Waals surface area contributed by atoms with Crippen molar-refractivity contribution in [3.63, 3.8) is 0 Å². The number of alkyl halides is 3. The number of benzene rings is 1. The molecule has 0 radical (unpaired) electrons. The first-order valence-corrected chi connectivity index (χ1v) is 6.96. The van der Waals surface area contributed by atoms with E-state index in [1.807, 2.05) is 0 Å². The van der Waals surface area contributed by atoms with Crippen LogP contribution in [-0.2, 0) is 0 Å². The summed E-state index contributed by atoms with van der Waals surface area (Å²) in [6.07, 6.45) is 2.03. The Labute approximate surface area is 118 Å². The SMILES string of the molecule is O=C(c1ccc(OC(F)F)cc1)N1CCCC(Br)C1.